The Kier molecular flexibility index (Phi) is 5.85. The summed E-state index contributed by atoms with van der Waals surface area (Å²) in [4.78, 5) is 14.8. The van der Waals surface area contributed by atoms with Gasteiger partial charge in [0.1, 0.15) is 5.82 Å². The molecule has 0 bridgehead atoms. The van der Waals surface area contributed by atoms with Crippen molar-refractivity contribution in [2.24, 2.45) is 5.92 Å². The fourth-order valence-corrected chi connectivity index (χ4v) is 3.88. The maximum Gasteiger partial charge on any atom is 0.229 e. The third-order valence-electron chi connectivity index (χ3n) is 5.00. The largest absolute Gasteiger partial charge is 0.354 e. The second-order valence-corrected chi connectivity index (χ2v) is 7.98. The van der Waals surface area contributed by atoms with E-state index < -0.39 is 0 Å². The molecule has 1 aliphatic heterocycles. The van der Waals surface area contributed by atoms with Gasteiger partial charge >= 0.3 is 0 Å². The molecule has 0 radical (unpaired) electrons. The van der Waals surface area contributed by atoms with Gasteiger partial charge in [0.25, 0.3) is 0 Å². The zero-order valence-corrected chi connectivity index (χ0v) is 17.3. The average molecular weight is 455 g/mol. The molecule has 3 aromatic rings. The van der Waals surface area contributed by atoms with E-state index in [1.54, 1.807) is 12.1 Å². The Bertz CT molecular complexity index is 994. The van der Waals surface area contributed by atoms with Crippen LogP contribution in [0.4, 0.5) is 15.9 Å². The Morgan fingerprint density at radius 1 is 1.10 bits per heavy atom. The number of hydrogen-bond acceptors (Lipinski definition) is 4. The zero-order valence-electron chi connectivity index (χ0n) is 15.7. The second-order valence-electron chi connectivity index (χ2n) is 7.07. The molecule has 2 aromatic carbocycles. The van der Waals surface area contributed by atoms with E-state index in [1.165, 1.54) is 12.1 Å². The van der Waals surface area contributed by atoms with E-state index in [0.717, 1.165) is 40.9 Å². The van der Waals surface area contributed by atoms with Crippen LogP contribution in [0.5, 0.6) is 0 Å². The monoisotopic (exact) mass is 454 g/mol. The third-order valence-corrected chi connectivity index (χ3v) is 5.49. The van der Waals surface area contributed by atoms with Gasteiger partial charge in [0, 0.05) is 28.8 Å². The van der Waals surface area contributed by atoms with Crippen LogP contribution in [-0.4, -0.2) is 29.2 Å². The lowest BCUT2D eigenvalue weighted by Crippen LogP contribution is -2.41. The van der Waals surface area contributed by atoms with Crippen molar-refractivity contribution in [1.29, 1.82) is 0 Å². The quantitative estimate of drug-likeness (QED) is 0.608. The molecule has 4 rings (SSSR count). The van der Waals surface area contributed by atoms with E-state index in [0.29, 0.717) is 12.2 Å². The van der Waals surface area contributed by atoms with Gasteiger partial charge in [0.15, 0.2) is 5.82 Å². The topological polar surface area (TPSA) is 58.1 Å². The van der Waals surface area contributed by atoms with Gasteiger partial charge < -0.3 is 10.2 Å². The number of rotatable bonds is 4. The molecule has 1 atom stereocenters. The standard InChI is InChI=1S/C22H20BrFN4O/c23-17-4-1-5-19(13-17)25-22(29)16-3-2-12-28(14-16)21-11-10-20(26-27-21)15-6-8-18(24)9-7-15/h1,4-11,13,16H,2-3,12,14H2,(H,25,29). The molecule has 1 amide bonds. The summed E-state index contributed by atoms with van der Waals surface area (Å²) in [5, 5.41) is 11.6. The summed E-state index contributed by atoms with van der Waals surface area (Å²) in [6.45, 7) is 1.44. The maximum atomic E-state index is 13.1. The highest BCUT2D eigenvalue weighted by Gasteiger charge is 2.27. The van der Waals surface area contributed by atoms with Crippen molar-refractivity contribution in [1.82, 2.24) is 10.2 Å². The molecule has 1 saturated heterocycles. The van der Waals surface area contributed by atoms with Gasteiger partial charge in [-0.3, -0.25) is 4.79 Å². The molecule has 29 heavy (non-hydrogen) atoms. The van der Waals surface area contributed by atoms with Crippen LogP contribution < -0.4 is 10.2 Å². The number of anilines is 2. The number of piperidine rings is 1. The third kappa shape index (κ3) is 4.79. The number of amides is 1. The minimum Gasteiger partial charge on any atom is -0.354 e. The van der Waals surface area contributed by atoms with E-state index in [9.17, 15) is 9.18 Å². The van der Waals surface area contributed by atoms with Crippen LogP contribution in [0.25, 0.3) is 11.3 Å². The number of carbonyl (C=O) groups excluding carboxylic acids is 1. The summed E-state index contributed by atoms with van der Waals surface area (Å²) in [5.74, 6) is 0.375. The smallest absolute Gasteiger partial charge is 0.229 e. The molecular formula is C22H20BrFN4O. The lowest BCUT2D eigenvalue weighted by Gasteiger charge is -2.32. The number of benzene rings is 2. The Balaban J connectivity index is 1.42. The molecule has 7 heteroatoms. The Labute approximate surface area is 177 Å². The summed E-state index contributed by atoms with van der Waals surface area (Å²) in [6.07, 6.45) is 1.76. The fourth-order valence-electron chi connectivity index (χ4n) is 3.48. The lowest BCUT2D eigenvalue weighted by molar-refractivity contribution is -0.120. The summed E-state index contributed by atoms with van der Waals surface area (Å²) < 4.78 is 14.0. The molecule has 1 unspecified atom stereocenters. The number of aromatic nitrogens is 2. The average Bonchev–Trinajstić information content (AvgIpc) is 2.74. The molecular weight excluding hydrogens is 435 g/mol. The van der Waals surface area contributed by atoms with Crippen molar-refractivity contribution in [3.63, 3.8) is 0 Å². The Morgan fingerprint density at radius 3 is 2.66 bits per heavy atom. The summed E-state index contributed by atoms with van der Waals surface area (Å²) in [7, 11) is 0. The lowest BCUT2D eigenvalue weighted by atomic mass is 9.97. The minimum atomic E-state index is -0.279. The SMILES string of the molecule is O=C(Nc1cccc(Br)c1)C1CCCN(c2ccc(-c3ccc(F)cc3)nn2)C1. The van der Waals surface area contributed by atoms with Gasteiger partial charge in [0.05, 0.1) is 11.6 Å². The van der Waals surface area contributed by atoms with Crippen molar-refractivity contribution in [2.75, 3.05) is 23.3 Å². The van der Waals surface area contributed by atoms with Crippen LogP contribution in [0.15, 0.2) is 65.1 Å². The van der Waals surface area contributed by atoms with Crippen LogP contribution in [0, 0.1) is 11.7 Å². The molecule has 0 aliphatic carbocycles. The number of halogens is 2. The van der Waals surface area contributed by atoms with Gasteiger partial charge in [-0.25, -0.2) is 4.39 Å². The molecule has 148 valence electrons. The normalized spacial score (nSPS) is 16.5. The fraction of sp³-hybridized carbons (Fsp3) is 0.227. The highest BCUT2D eigenvalue weighted by molar-refractivity contribution is 9.10. The first-order chi connectivity index (χ1) is 14.1. The van der Waals surface area contributed by atoms with E-state index in [2.05, 4.69) is 36.3 Å². The summed E-state index contributed by atoms with van der Waals surface area (Å²) in [5.41, 5.74) is 2.29. The van der Waals surface area contributed by atoms with Crippen molar-refractivity contribution < 1.29 is 9.18 Å². The zero-order chi connectivity index (χ0) is 20.2. The van der Waals surface area contributed by atoms with E-state index in [-0.39, 0.29) is 17.6 Å². The number of carbonyl (C=O) groups is 1. The van der Waals surface area contributed by atoms with Gasteiger partial charge in [-0.05, 0) is 67.4 Å². The van der Waals surface area contributed by atoms with Crippen molar-refractivity contribution in [3.05, 3.63) is 71.0 Å². The first-order valence-corrected chi connectivity index (χ1v) is 10.3. The first kappa shape index (κ1) is 19.5. The highest BCUT2D eigenvalue weighted by atomic mass is 79.9. The second kappa shape index (κ2) is 8.69. The van der Waals surface area contributed by atoms with Gasteiger partial charge in [-0.1, -0.05) is 22.0 Å². The number of nitrogens with one attached hydrogen (secondary N) is 1. The molecule has 1 aromatic heterocycles. The summed E-state index contributed by atoms with van der Waals surface area (Å²) in [6, 6.07) is 17.5. The predicted octanol–water partition coefficient (Wildman–Crippen LogP) is 4.90. The Hall–Kier alpha value is -2.80. The number of hydrogen-bond donors (Lipinski definition) is 1. The van der Waals surface area contributed by atoms with Crippen LogP contribution in [-0.2, 0) is 4.79 Å². The van der Waals surface area contributed by atoms with Crippen molar-refractivity contribution in [2.45, 2.75) is 12.8 Å². The van der Waals surface area contributed by atoms with Crippen LogP contribution >= 0.6 is 15.9 Å². The van der Waals surface area contributed by atoms with Crippen LogP contribution in [0.3, 0.4) is 0 Å². The maximum absolute atomic E-state index is 13.1. The molecule has 2 heterocycles. The van der Waals surface area contributed by atoms with Crippen molar-refractivity contribution in [3.8, 4) is 11.3 Å². The van der Waals surface area contributed by atoms with Crippen molar-refractivity contribution >= 4 is 33.3 Å². The van der Waals surface area contributed by atoms with Gasteiger partial charge in [-0.15, -0.1) is 10.2 Å². The summed E-state index contributed by atoms with van der Waals surface area (Å²) >= 11 is 3.42. The molecule has 5 nitrogen and oxygen atoms in total. The molecule has 1 aliphatic rings. The molecule has 1 N–H and O–H groups in total. The van der Waals surface area contributed by atoms with Crippen LogP contribution in [0.2, 0.25) is 0 Å². The minimum absolute atomic E-state index is 0.0173. The molecule has 1 fully saturated rings. The predicted molar refractivity (Wildman–Crippen MR) is 115 cm³/mol. The number of nitrogens with zero attached hydrogens (tertiary/aromatic N) is 3. The first-order valence-electron chi connectivity index (χ1n) is 9.49. The van der Waals surface area contributed by atoms with E-state index >= 15 is 0 Å². The van der Waals surface area contributed by atoms with Gasteiger partial charge in [0.2, 0.25) is 5.91 Å². The molecule has 0 saturated carbocycles. The van der Waals surface area contributed by atoms with E-state index in [1.807, 2.05) is 36.4 Å². The van der Waals surface area contributed by atoms with Gasteiger partial charge in [-0.2, -0.15) is 0 Å². The highest BCUT2D eigenvalue weighted by Crippen LogP contribution is 2.25. The van der Waals surface area contributed by atoms with Crippen LogP contribution in [0.1, 0.15) is 12.8 Å². The van der Waals surface area contributed by atoms with E-state index in [4.69, 9.17) is 0 Å². The Morgan fingerprint density at radius 2 is 1.93 bits per heavy atom. The molecule has 0 spiro atoms.